The molecule has 1 aromatic carbocycles. The fraction of sp³-hybridized carbons (Fsp3) is 0.500. The molecule has 1 aliphatic carbocycles. The summed E-state index contributed by atoms with van der Waals surface area (Å²) in [6.45, 7) is 0.782. The van der Waals surface area contributed by atoms with Crippen LogP contribution in [0.25, 0.3) is 11.1 Å². The average Bonchev–Trinajstić information content (AvgIpc) is 3.27. The quantitative estimate of drug-likeness (QED) is 0.910. The van der Waals surface area contributed by atoms with Crippen molar-refractivity contribution in [3.05, 3.63) is 24.1 Å². The third-order valence-electron chi connectivity index (χ3n) is 4.21. The lowest BCUT2D eigenvalue weighted by atomic mass is 10.1. The van der Waals surface area contributed by atoms with Crippen molar-refractivity contribution in [3.63, 3.8) is 0 Å². The minimum Gasteiger partial charge on any atom is -0.440 e. The van der Waals surface area contributed by atoms with Crippen molar-refractivity contribution < 1.29 is 9.21 Å². The summed E-state index contributed by atoms with van der Waals surface area (Å²) in [6.07, 6.45) is 5.35. The molecular formula is C16H19N3O2. The van der Waals surface area contributed by atoms with E-state index in [1.807, 2.05) is 18.2 Å². The fourth-order valence-corrected chi connectivity index (χ4v) is 2.82. The Morgan fingerprint density at radius 2 is 2.14 bits per heavy atom. The summed E-state index contributed by atoms with van der Waals surface area (Å²) in [5, 5.41) is 6.27. The predicted octanol–water partition coefficient (Wildman–Crippen LogP) is 2.79. The molecule has 1 unspecified atom stereocenters. The molecule has 2 fully saturated rings. The number of rotatable bonds is 3. The van der Waals surface area contributed by atoms with Gasteiger partial charge in [0.05, 0.1) is 0 Å². The smallest absolute Gasteiger partial charge is 0.242 e. The van der Waals surface area contributed by atoms with Crippen LogP contribution in [-0.2, 0) is 4.79 Å². The van der Waals surface area contributed by atoms with Gasteiger partial charge in [0.2, 0.25) is 5.91 Å². The summed E-state index contributed by atoms with van der Waals surface area (Å²) in [6, 6.07) is 5.72. The first kappa shape index (κ1) is 12.7. The van der Waals surface area contributed by atoms with E-state index in [0.717, 1.165) is 48.5 Å². The van der Waals surface area contributed by atoms with Gasteiger partial charge in [0.25, 0.3) is 0 Å². The second-order valence-corrected chi connectivity index (χ2v) is 5.99. The SMILES string of the molecule is O=C1NCCCCC1Nc1ccc2oc(C3CC3)nc2c1. The van der Waals surface area contributed by atoms with E-state index in [-0.39, 0.29) is 11.9 Å². The number of nitrogens with one attached hydrogen (secondary N) is 2. The Balaban J connectivity index is 1.56. The van der Waals surface area contributed by atoms with Crippen molar-refractivity contribution >= 4 is 22.7 Å². The fourth-order valence-electron chi connectivity index (χ4n) is 2.82. The van der Waals surface area contributed by atoms with Crippen molar-refractivity contribution in [2.24, 2.45) is 0 Å². The molecule has 1 amide bonds. The van der Waals surface area contributed by atoms with Crippen molar-refractivity contribution in [3.8, 4) is 0 Å². The van der Waals surface area contributed by atoms with E-state index in [2.05, 4.69) is 15.6 Å². The van der Waals surface area contributed by atoms with Gasteiger partial charge in [0.1, 0.15) is 11.6 Å². The zero-order valence-electron chi connectivity index (χ0n) is 11.9. The number of oxazole rings is 1. The van der Waals surface area contributed by atoms with Gasteiger partial charge in [-0.25, -0.2) is 4.98 Å². The summed E-state index contributed by atoms with van der Waals surface area (Å²) in [7, 11) is 0. The highest BCUT2D eigenvalue weighted by atomic mass is 16.3. The number of benzene rings is 1. The number of nitrogens with zero attached hydrogens (tertiary/aromatic N) is 1. The summed E-state index contributed by atoms with van der Waals surface area (Å²) >= 11 is 0. The molecule has 0 bridgehead atoms. The van der Waals surface area contributed by atoms with Crippen molar-refractivity contribution in [1.82, 2.24) is 10.3 Å². The van der Waals surface area contributed by atoms with Crippen molar-refractivity contribution in [1.29, 1.82) is 0 Å². The minimum atomic E-state index is -0.153. The lowest BCUT2D eigenvalue weighted by Crippen LogP contribution is -2.37. The number of anilines is 1. The first-order chi connectivity index (χ1) is 10.3. The third kappa shape index (κ3) is 2.60. The Labute approximate surface area is 123 Å². The maximum Gasteiger partial charge on any atom is 0.242 e. The molecule has 2 heterocycles. The molecule has 1 saturated heterocycles. The molecule has 0 spiro atoms. The van der Waals surface area contributed by atoms with Gasteiger partial charge in [0, 0.05) is 18.2 Å². The Morgan fingerprint density at radius 3 is 3.00 bits per heavy atom. The van der Waals surface area contributed by atoms with Gasteiger partial charge in [-0.2, -0.15) is 0 Å². The van der Waals surface area contributed by atoms with Crippen LogP contribution in [0.4, 0.5) is 5.69 Å². The molecule has 21 heavy (non-hydrogen) atoms. The number of fused-ring (bicyclic) bond motifs is 1. The molecule has 2 aromatic rings. The molecule has 0 radical (unpaired) electrons. The minimum absolute atomic E-state index is 0.0893. The standard InChI is InChI=1S/C16H19N3O2/c20-15-12(3-1-2-8-17-15)18-11-6-7-14-13(9-11)19-16(21-14)10-4-5-10/h6-7,9-10,12,18H,1-5,8H2,(H,17,20). The molecule has 5 nitrogen and oxygen atoms in total. The van der Waals surface area contributed by atoms with E-state index in [1.54, 1.807) is 0 Å². The molecule has 5 heteroatoms. The maximum atomic E-state index is 12.0. The molecule has 1 aliphatic heterocycles. The van der Waals surface area contributed by atoms with Crippen molar-refractivity contribution in [2.45, 2.75) is 44.1 Å². The normalized spacial score (nSPS) is 22.9. The van der Waals surface area contributed by atoms with Crippen molar-refractivity contribution in [2.75, 3.05) is 11.9 Å². The Hall–Kier alpha value is -2.04. The zero-order chi connectivity index (χ0) is 14.2. The second-order valence-electron chi connectivity index (χ2n) is 5.99. The number of hydrogen-bond acceptors (Lipinski definition) is 4. The summed E-state index contributed by atoms with van der Waals surface area (Å²) in [5.41, 5.74) is 2.63. The first-order valence-electron chi connectivity index (χ1n) is 7.74. The monoisotopic (exact) mass is 285 g/mol. The Kier molecular flexibility index (Phi) is 3.05. The van der Waals surface area contributed by atoms with Crippen LogP contribution in [0.15, 0.2) is 22.6 Å². The number of aromatic nitrogens is 1. The van der Waals surface area contributed by atoms with Gasteiger partial charge in [-0.1, -0.05) is 0 Å². The molecule has 2 aliphatic rings. The Bertz CT molecular complexity index is 675. The number of carbonyl (C=O) groups excluding carboxylic acids is 1. The molecule has 2 N–H and O–H groups in total. The van der Waals surface area contributed by atoms with Crippen LogP contribution in [0.1, 0.15) is 43.9 Å². The highest BCUT2D eigenvalue weighted by Crippen LogP contribution is 2.40. The van der Waals surface area contributed by atoms with E-state index < -0.39 is 0 Å². The van der Waals surface area contributed by atoms with Crippen LogP contribution in [0, 0.1) is 0 Å². The topological polar surface area (TPSA) is 67.2 Å². The van der Waals surface area contributed by atoms with E-state index in [4.69, 9.17) is 4.42 Å². The third-order valence-corrected chi connectivity index (χ3v) is 4.21. The maximum absolute atomic E-state index is 12.0. The van der Waals surface area contributed by atoms with E-state index in [9.17, 15) is 4.79 Å². The van der Waals surface area contributed by atoms with Gasteiger partial charge in [-0.15, -0.1) is 0 Å². The highest BCUT2D eigenvalue weighted by Gasteiger charge is 2.29. The van der Waals surface area contributed by atoms with E-state index in [0.29, 0.717) is 5.92 Å². The van der Waals surface area contributed by atoms with Crippen LogP contribution in [-0.4, -0.2) is 23.5 Å². The van der Waals surface area contributed by atoms with Gasteiger partial charge in [0.15, 0.2) is 11.5 Å². The van der Waals surface area contributed by atoms with Crippen LogP contribution >= 0.6 is 0 Å². The van der Waals surface area contributed by atoms with Crippen LogP contribution in [0.5, 0.6) is 0 Å². The molecule has 110 valence electrons. The van der Waals surface area contributed by atoms with Gasteiger partial charge < -0.3 is 15.1 Å². The van der Waals surface area contributed by atoms with Crippen LogP contribution in [0.2, 0.25) is 0 Å². The molecule has 4 rings (SSSR count). The molecule has 1 aromatic heterocycles. The average molecular weight is 285 g/mol. The first-order valence-corrected chi connectivity index (χ1v) is 7.74. The van der Waals surface area contributed by atoms with E-state index in [1.165, 1.54) is 12.8 Å². The van der Waals surface area contributed by atoms with Gasteiger partial charge in [-0.05, 0) is 50.3 Å². The summed E-state index contributed by atoms with van der Waals surface area (Å²) in [4.78, 5) is 16.5. The highest BCUT2D eigenvalue weighted by molar-refractivity contribution is 5.86. The van der Waals surface area contributed by atoms with Crippen LogP contribution < -0.4 is 10.6 Å². The molecule has 1 saturated carbocycles. The number of amides is 1. The lowest BCUT2D eigenvalue weighted by molar-refractivity contribution is -0.121. The molecule has 1 atom stereocenters. The largest absolute Gasteiger partial charge is 0.440 e. The number of carbonyl (C=O) groups is 1. The summed E-state index contributed by atoms with van der Waals surface area (Å²) < 4.78 is 5.76. The second kappa shape index (κ2) is 5.06. The van der Waals surface area contributed by atoms with Gasteiger partial charge >= 0.3 is 0 Å². The summed E-state index contributed by atoms with van der Waals surface area (Å²) in [5.74, 6) is 1.46. The zero-order valence-corrected chi connectivity index (χ0v) is 11.9. The van der Waals surface area contributed by atoms with Gasteiger partial charge in [-0.3, -0.25) is 4.79 Å². The Morgan fingerprint density at radius 1 is 1.24 bits per heavy atom. The predicted molar refractivity (Wildman–Crippen MR) is 80.3 cm³/mol. The van der Waals surface area contributed by atoms with E-state index >= 15 is 0 Å². The molecular weight excluding hydrogens is 266 g/mol. The lowest BCUT2D eigenvalue weighted by Gasteiger charge is -2.16. The van der Waals surface area contributed by atoms with Crippen LogP contribution in [0.3, 0.4) is 0 Å². The number of hydrogen-bond donors (Lipinski definition) is 2.